The third-order valence-corrected chi connectivity index (χ3v) is 3.76. The van der Waals surface area contributed by atoms with Crippen LogP contribution < -0.4 is 5.32 Å². The van der Waals surface area contributed by atoms with Gasteiger partial charge in [-0.25, -0.2) is 0 Å². The van der Waals surface area contributed by atoms with Crippen LogP contribution in [0, 0.1) is 11.3 Å². The maximum absolute atomic E-state index is 9.01. The Morgan fingerprint density at radius 1 is 1.25 bits per heavy atom. The van der Waals surface area contributed by atoms with Crippen LogP contribution in [0.4, 0.5) is 0 Å². The summed E-state index contributed by atoms with van der Waals surface area (Å²) < 4.78 is 0. The molecule has 0 saturated carbocycles. The van der Waals surface area contributed by atoms with Crippen LogP contribution in [0.1, 0.15) is 18.0 Å². The summed E-state index contributed by atoms with van der Waals surface area (Å²) in [4.78, 5) is 2.30. The monoisotopic (exact) mass is 355 g/mol. The first-order valence-corrected chi connectivity index (χ1v) is 6.74. The molecule has 1 aliphatic rings. The number of piperazine rings is 1. The maximum Gasteiger partial charge on any atom is 0.0641 e. The standard InChI is InChI=1S/C13H15Cl2N3.2ClH/c14-10-1-2-11(12(15)9-10)13(3-4-16)18-7-5-17-6-8-18;;/h1-2,9,13,17H,3,5-8H2;2*1H/t13-;;/m0../s1. The number of rotatable bonds is 3. The van der Waals surface area contributed by atoms with Crippen LogP contribution >= 0.6 is 48.0 Å². The topological polar surface area (TPSA) is 39.1 Å². The molecule has 112 valence electrons. The van der Waals surface area contributed by atoms with Crippen LogP contribution in [0.25, 0.3) is 0 Å². The van der Waals surface area contributed by atoms with Gasteiger partial charge < -0.3 is 5.32 Å². The Morgan fingerprint density at radius 2 is 1.90 bits per heavy atom. The highest BCUT2D eigenvalue weighted by Gasteiger charge is 2.23. The molecule has 1 aliphatic heterocycles. The van der Waals surface area contributed by atoms with Crippen molar-refractivity contribution in [3.8, 4) is 6.07 Å². The van der Waals surface area contributed by atoms with Gasteiger partial charge in [-0.1, -0.05) is 29.3 Å². The highest BCUT2D eigenvalue weighted by atomic mass is 35.5. The summed E-state index contributed by atoms with van der Waals surface area (Å²) in [5, 5.41) is 13.6. The van der Waals surface area contributed by atoms with E-state index < -0.39 is 0 Å². The third kappa shape index (κ3) is 4.96. The van der Waals surface area contributed by atoms with E-state index in [4.69, 9.17) is 28.5 Å². The Hall–Kier alpha value is -0.210. The Bertz CT molecular complexity index is 455. The van der Waals surface area contributed by atoms with E-state index in [9.17, 15) is 0 Å². The van der Waals surface area contributed by atoms with Crippen LogP contribution in [-0.4, -0.2) is 31.1 Å². The minimum absolute atomic E-state index is 0. The Labute approximate surface area is 142 Å². The summed E-state index contributed by atoms with van der Waals surface area (Å²) >= 11 is 12.2. The lowest BCUT2D eigenvalue weighted by Crippen LogP contribution is -2.45. The Morgan fingerprint density at radius 3 is 2.45 bits per heavy atom. The van der Waals surface area contributed by atoms with Gasteiger partial charge in [0.05, 0.1) is 12.5 Å². The zero-order valence-corrected chi connectivity index (χ0v) is 14.0. The second-order valence-corrected chi connectivity index (χ2v) is 5.17. The molecule has 1 fully saturated rings. The van der Waals surface area contributed by atoms with Gasteiger partial charge in [-0.15, -0.1) is 24.8 Å². The molecular weight excluding hydrogens is 340 g/mol. The summed E-state index contributed by atoms with van der Waals surface area (Å²) in [7, 11) is 0. The molecule has 1 aromatic carbocycles. The minimum atomic E-state index is 0. The first-order valence-electron chi connectivity index (χ1n) is 5.99. The molecule has 3 nitrogen and oxygen atoms in total. The number of nitrogens with zero attached hydrogens (tertiary/aromatic N) is 2. The maximum atomic E-state index is 9.01. The summed E-state index contributed by atoms with van der Waals surface area (Å²) in [5.74, 6) is 0. The van der Waals surface area contributed by atoms with Crippen molar-refractivity contribution in [3.63, 3.8) is 0 Å². The van der Waals surface area contributed by atoms with Crippen molar-refractivity contribution in [1.29, 1.82) is 5.26 Å². The van der Waals surface area contributed by atoms with Crippen molar-refractivity contribution < 1.29 is 0 Å². The molecule has 1 heterocycles. The molecule has 1 N–H and O–H groups in total. The lowest BCUT2D eigenvalue weighted by molar-refractivity contribution is 0.175. The zero-order valence-electron chi connectivity index (χ0n) is 10.8. The molecule has 0 bridgehead atoms. The van der Waals surface area contributed by atoms with E-state index >= 15 is 0 Å². The van der Waals surface area contributed by atoms with Gasteiger partial charge in [-0.05, 0) is 17.7 Å². The first kappa shape index (κ1) is 19.8. The number of nitrogens with one attached hydrogen (secondary N) is 1. The van der Waals surface area contributed by atoms with Gasteiger partial charge in [-0.2, -0.15) is 5.26 Å². The summed E-state index contributed by atoms with van der Waals surface area (Å²) in [6.45, 7) is 3.77. The van der Waals surface area contributed by atoms with Gasteiger partial charge in [0.25, 0.3) is 0 Å². The fraction of sp³-hybridized carbons (Fsp3) is 0.462. The quantitative estimate of drug-likeness (QED) is 0.897. The highest BCUT2D eigenvalue weighted by molar-refractivity contribution is 6.35. The molecule has 0 unspecified atom stereocenters. The van der Waals surface area contributed by atoms with Crippen LogP contribution in [0.2, 0.25) is 10.0 Å². The minimum Gasteiger partial charge on any atom is -0.314 e. The lowest BCUT2D eigenvalue weighted by Gasteiger charge is -2.34. The molecule has 0 spiro atoms. The van der Waals surface area contributed by atoms with Crippen molar-refractivity contribution in [2.24, 2.45) is 0 Å². The summed E-state index contributed by atoms with van der Waals surface area (Å²) in [6, 6.07) is 7.80. The van der Waals surface area contributed by atoms with Crippen molar-refractivity contribution in [3.05, 3.63) is 33.8 Å². The van der Waals surface area contributed by atoms with Gasteiger partial charge in [0.15, 0.2) is 0 Å². The lowest BCUT2D eigenvalue weighted by atomic mass is 10.0. The van der Waals surface area contributed by atoms with Crippen molar-refractivity contribution in [2.45, 2.75) is 12.5 Å². The van der Waals surface area contributed by atoms with Crippen LogP contribution in [0.3, 0.4) is 0 Å². The molecule has 1 aromatic rings. The number of hydrogen-bond donors (Lipinski definition) is 1. The molecule has 2 rings (SSSR count). The van der Waals surface area contributed by atoms with Crippen LogP contribution in [0.15, 0.2) is 18.2 Å². The molecule has 1 saturated heterocycles. The molecule has 7 heteroatoms. The van der Waals surface area contributed by atoms with Crippen molar-refractivity contribution in [2.75, 3.05) is 26.2 Å². The average molecular weight is 357 g/mol. The molecule has 1 atom stereocenters. The van der Waals surface area contributed by atoms with E-state index in [2.05, 4.69) is 16.3 Å². The molecule has 0 aliphatic carbocycles. The second kappa shape index (κ2) is 9.68. The number of halogens is 4. The van der Waals surface area contributed by atoms with Crippen LogP contribution in [-0.2, 0) is 0 Å². The fourth-order valence-electron chi connectivity index (χ4n) is 2.29. The Kier molecular flexibility index (Phi) is 9.58. The van der Waals surface area contributed by atoms with E-state index in [1.165, 1.54) is 0 Å². The third-order valence-electron chi connectivity index (χ3n) is 3.20. The molecule has 20 heavy (non-hydrogen) atoms. The fourth-order valence-corrected chi connectivity index (χ4v) is 2.82. The highest BCUT2D eigenvalue weighted by Crippen LogP contribution is 2.32. The summed E-state index contributed by atoms with van der Waals surface area (Å²) in [5.41, 5.74) is 0.990. The van der Waals surface area contributed by atoms with E-state index in [1.54, 1.807) is 6.07 Å². The molecule has 0 aromatic heterocycles. The number of nitriles is 1. The van der Waals surface area contributed by atoms with Gasteiger partial charge in [0.2, 0.25) is 0 Å². The normalized spacial score (nSPS) is 16.4. The van der Waals surface area contributed by atoms with Gasteiger partial charge >= 0.3 is 0 Å². The summed E-state index contributed by atoms with van der Waals surface area (Å²) in [6.07, 6.45) is 0.446. The van der Waals surface area contributed by atoms with Crippen molar-refractivity contribution in [1.82, 2.24) is 10.2 Å². The van der Waals surface area contributed by atoms with Crippen LogP contribution in [0.5, 0.6) is 0 Å². The SMILES string of the molecule is Cl.Cl.N#CC[C@@H](c1ccc(Cl)cc1Cl)N1CCNCC1. The molecule has 0 amide bonds. The first-order chi connectivity index (χ1) is 8.72. The van der Waals surface area contributed by atoms with E-state index in [1.807, 2.05) is 12.1 Å². The van der Waals surface area contributed by atoms with E-state index in [-0.39, 0.29) is 30.9 Å². The molecule has 0 radical (unpaired) electrons. The second-order valence-electron chi connectivity index (χ2n) is 4.33. The predicted octanol–water partition coefficient (Wildman–Crippen LogP) is 3.70. The zero-order chi connectivity index (χ0) is 13.0. The number of benzene rings is 1. The smallest absolute Gasteiger partial charge is 0.0641 e. The van der Waals surface area contributed by atoms with Gasteiger partial charge in [0, 0.05) is 42.3 Å². The largest absolute Gasteiger partial charge is 0.314 e. The Balaban J connectivity index is 0.00000180. The van der Waals surface area contributed by atoms with Gasteiger partial charge in [0.1, 0.15) is 0 Å². The van der Waals surface area contributed by atoms with E-state index in [0.29, 0.717) is 16.5 Å². The van der Waals surface area contributed by atoms with Gasteiger partial charge in [-0.3, -0.25) is 4.90 Å². The predicted molar refractivity (Wildman–Crippen MR) is 88.4 cm³/mol. The van der Waals surface area contributed by atoms with Crippen molar-refractivity contribution >= 4 is 48.0 Å². The van der Waals surface area contributed by atoms with E-state index in [0.717, 1.165) is 31.7 Å². The average Bonchev–Trinajstić information content (AvgIpc) is 2.38. The number of hydrogen-bond acceptors (Lipinski definition) is 3. The molecular formula is C13H17Cl4N3.